The predicted molar refractivity (Wildman–Crippen MR) is 111 cm³/mol. The first-order chi connectivity index (χ1) is 15.2. The van der Waals surface area contributed by atoms with Crippen LogP contribution in [0.3, 0.4) is 0 Å². The third-order valence-electron chi connectivity index (χ3n) is 4.60. The average molecular weight is 474 g/mol. The molecule has 32 heavy (non-hydrogen) atoms. The van der Waals surface area contributed by atoms with Crippen molar-refractivity contribution in [3.8, 4) is 5.75 Å². The molecule has 1 aliphatic heterocycles. The molecule has 172 valence electrons. The quantitative estimate of drug-likeness (QED) is 0.304. The van der Waals surface area contributed by atoms with Crippen molar-refractivity contribution >= 4 is 23.5 Å². The van der Waals surface area contributed by atoms with Gasteiger partial charge >= 0.3 is 6.18 Å². The highest BCUT2D eigenvalue weighted by molar-refractivity contribution is 6.31. The number of ether oxygens (including phenoxy) is 1. The summed E-state index contributed by atoms with van der Waals surface area (Å²) in [5.41, 5.74) is 5.36. The van der Waals surface area contributed by atoms with E-state index in [1.807, 2.05) is 0 Å². The number of alkyl halides is 3. The minimum absolute atomic E-state index is 0.0529. The Bertz CT molecular complexity index is 1000. The molecule has 1 aliphatic rings. The maximum Gasteiger partial charge on any atom is 0.405 e. The molecular formula is C20H20ClF4N5O2. The predicted octanol–water partition coefficient (Wildman–Crippen LogP) is 3.12. The number of hydrogen-bond acceptors (Lipinski definition) is 5. The van der Waals surface area contributed by atoms with Crippen LogP contribution in [0.2, 0.25) is 5.02 Å². The molecule has 1 fully saturated rings. The topological polar surface area (TPSA) is 86.8 Å². The second-order valence-electron chi connectivity index (χ2n) is 6.90. The molecular weight excluding hydrogens is 454 g/mol. The molecule has 0 aromatic heterocycles. The van der Waals surface area contributed by atoms with Crippen LogP contribution in [-0.2, 0) is 6.54 Å². The van der Waals surface area contributed by atoms with Gasteiger partial charge < -0.3 is 10.1 Å². The summed E-state index contributed by atoms with van der Waals surface area (Å²) in [4.78, 5) is 16.9. The molecule has 1 heterocycles. The fraction of sp³-hybridized carbons (Fsp3) is 0.300. The minimum atomic E-state index is -4.44. The third kappa shape index (κ3) is 6.31. The third-order valence-corrected chi connectivity index (χ3v) is 4.95. The number of benzene rings is 2. The van der Waals surface area contributed by atoms with E-state index in [0.717, 1.165) is 6.07 Å². The van der Waals surface area contributed by atoms with E-state index >= 15 is 0 Å². The summed E-state index contributed by atoms with van der Waals surface area (Å²) in [6, 6.07) is 8.30. The summed E-state index contributed by atoms with van der Waals surface area (Å²) in [6.45, 7) is -0.0529. The van der Waals surface area contributed by atoms with E-state index in [0.29, 0.717) is 11.3 Å². The summed E-state index contributed by atoms with van der Waals surface area (Å²) in [7, 11) is 1.45. The fourth-order valence-electron chi connectivity index (χ4n) is 2.91. The van der Waals surface area contributed by atoms with Gasteiger partial charge in [-0.3, -0.25) is 10.1 Å². The minimum Gasteiger partial charge on any atom is -0.497 e. The van der Waals surface area contributed by atoms with Gasteiger partial charge in [-0.1, -0.05) is 23.7 Å². The molecule has 0 aliphatic carbocycles. The lowest BCUT2D eigenvalue weighted by atomic mass is 10.2. The molecule has 0 bridgehead atoms. The first kappa shape index (κ1) is 23.8. The lowest BCUT2D eigenvalue weighted by Crippen LogP contribution is -2.50. The Morgan fingerprint density at radius 1 is 1.25 bits per heavy atom. The van der Waals surface area contributed by atoms with Gasteiger partial charge in [-0.15, -0.1) is 0 Å². The Balaban J connectivity index is 1.77. The van der Waals surface area contributed by atoms with Crippen LogP contribution in [0.4, 0.5) is 17.6 Å². The number of amides is 1. The van der Waals surface area contributed by atoms with Crippen LogP contribution in [0.25, 0.3) is 0 Å². The standard InChI is InChI=1S/C20H20ClF4N5O2/c1-32-14-4-2-3-11(7-14)18(31)28-19(26-10-12-5-6-13(22)8-15(12)21)27-17-9-16(29-30-17)20(23,24)25/h2-8,16-17,29-30H,9-10H2,1H3,(H2,26,27,28,31). The largest absolute Gasteiger partial charge is 0.497 e. The number of nitrogens with one attached hydrogen (secondary N) is 4. The summed E-state index contributed by atoms with van der Waals surface area (Å²) in [5.74, 6) is -0.706. The molecule has 2 aromatic rings. The van der Waals surface area contributed by atoms with Gasteiger partial charge in [0.2, 0.25) is 0 Å². The van der Waals surface area contributed by atoms with Crippen molar-refractivity contribution in [2.24, 2.45) is 4.99 Å². The molecule has 0 spiro atoms. The van der Waals surface area contributed by atoms with Gasteiger partial charge in [0.05, 0.1) is 19.8 Å². The second-order valence-corrected chi connectivity index (χ2v) is 7.31. The first-order valence-corrected chi connectivity index (χ1v) is 9.81. The van der Waals surface area contributed by atoms with Crippen LogP contribution in [0.1, 0.15) is 22.3 Å². The zero-order valence-electron chi connectivity index (χ0n) is 16.8. The Hall–Kier alpha value is -2.89. The van der Waals surface area contributed by atoms with Crippen molar-refractivity contribution in [2.75, 3.05) is 7.11 Å². The first-order valence-electron chi connectivity index (χ1n) is 9.44. The van der Waals surface area contributed by atoms with Gasteiger partial charge in [0.25, 0.3) is 5.91 Å². The maximum atomic E-state index is 13.3. The van der Waals surface area contributed by atoms with E-state index in [2.05, 4.69) is 26.5 Å². The molecule has 12 heteroatoms. The number of halogens is 5. The molecule has 0 saturated carbocycles. The van der Waals surface area contributed by atoms with Gasteiger partial charge in [-0.05, 0) is 35.9 Å². The normalized spacial score (nSPS) is 19.0. The Morgan fingerprint density at radius 2 is 2.03 bits per heavy atom. The molecule has 2 aromatic carbocycles. The number of aliphatic imine (C=N–C) groups is 1. The summed E-state index contributed by atoms with van der Waals surface area (Å²) < 4.78 is 57.2. The smallest absolute Gasteiger partial charge is 0.405 e. The second kappa shape index (κ2) is 10.2. The number of rotatable bonds is 5. The molecule has 1 saturated heterocycles. The summed E-state index contributed by atoms with van der Waals surface area (Å²) >= 11 is 6.01. The van der Waals surface area contributed by atoms with Gasteiger partial charge in [0.15, 0.2) is 5.96 Å². The van der Waals surface area contributed by atoms with Crippen molar-refractivity contribution in [1.29, 1.82) is 0 Å². The number of carbonyl (C=O) groups excluding carboxylic acids is 1. The lowest BCUT2D eigenvalue weighted by molar-refractivity contribution is -0.153. The highest BCUT2D eigenvalue weighted by Crippen LogP contribution is 2.25. The summed E-state index contributed by atoms with van der Waals surface area (Å²) in [5, 5.41) is 5.42. The summed E-state index contributed by atoms with van der Waals surface area (Å²) in [6.07, 6.45) is -5.64. The van der Waals surface area contributed by atoms with Crippen LogP contribution in [-0.4, -0.2) is 37.4 Å². The van der Waals surface area contributed by atoms with E-state index in [9.17, 15) is 22.4 Å². The van der Waals surface area contributed by atoms with Gasteiger partial charge in [0, 0.05) is 17.0 Å². The number of guanidine groups is 1. The molecule has 7 nitrogen and oxygen atoms in total. The Labute approximate surface area is 186 Å². The fourth-order valence-corrected chi connectivity index (χ4v) is 3.14. The zero-order valence-corrected chi connectivity index (χ0v) is 17.5. The maximum absolute atomic E-state index is 13.3. The van der Waals surface area contributed by atoms with E-state index < -0.39 is 30.1 Å². The Morgan fingerprint density at radius 3 is 2.69 bits per heavy atom. The Kier molecular flexibility index (Phi) is 7.54. The molecule has 1 amide bonds. The van der Waals surface area contributed by atoms with Crippen LogP contribution in [0, 0.1) is 5.82 Å². The van der Waals surface area contributed by atoms with Crippen molar-refractivity contribution < 1.29 is 27.1 Å². The van der Waals surface area contributed by atoms with Crippen molar-refractivity contribution in [1.82, 2.24) is 21.5 Å². The number of nitrogens with zero attached hydrogens (tertiary/aromatic N) is 1. The number of hydrogen-bond donors (Lipinski definition) is 4. The number of hydrazine groups is 1. The van der Waals surface area contributed by atoms with Crippen LogP contribution < -0.4 is 26.2 Å². The lowest BCUT2D eigenvalue weighted by Gasteiger charge is -2.17. The SMILES string of the molecule is COc1cccc(C(=O)NC(=NCc2ccc(F)cc2Cl)NC2CC(C(F)(F)F)NN2)c1. The number of methoxy groups -OCH3 is 1. The van der Waals surface area contributed by atoms with Gasteiger partial charge in [-0.2, -0.15) is 13.2 Å². The van der Waals surface area contributed by atoms with Crippen molar-refractivity contribution in [3.05, 3.63) is 64.4 Å². The van der Waals surface area contributed by atoms with E-state index in [-0.39, 0.29) is 29.5 Å². The van der Waals surface area contributed by atoms with E-state index in [4.69, 9.17) is 16.3 Å². The van der Waals surface area contributed by atoms with Crippen molar-refractivity contribution in [3.63, 3.8) is 0 Å². The molecule has 4 N–H and O–H groups in total. The highest BCUT2D eigenvalue weighted by atomic mass is 35.5. The van der Waals surface area contributed by atoms with Gasteiger partial charge in [-0.25, -0.2) is 20.2 Å². The average Bonchev–Trinajstić information content (AvgIpc) is 3.22. The monoisotopic (exact) mass is 473 g/mol. The van der Waals surface area contributed by atoms with Crippen LogP contribution in [0.5, 0.6) is 5.75 Å². The molecule has 0 radical (unpaired) electrons. The van der Waals surface area contributed by atoms with Crippen molar-refractivity contribution in [2.45, 2.75) is 31.3 Å². The van der Waals surface area contributed by atoms with E-state index in [1.54, 1.807) is 18.2 Å². The molecule has 3 rings (SSSR count). The number of carbonyl (C=O) groups is 1. The van der Waals surface area contributed by atoms with Crippen LogP contribution in [0.15, 0.2) is 47.5 Å². The van der Waals surface area contributed by atoms with Crippen LogP contribution >= 0.6 is 11.6 Å². The van der Waals surface area contributed by atoms with E-state index in [1.165, 1.54) is 25.3 Å². The zero-order chi connectivity index (χ0) is 23.3. The highest BCUT2D eigenvalue weighted by Gasteiger charge is 2.44. The molecule has 2 atom stereocenters. The van der Waals surface area contributed by atoms with Gasteiger partial charge in [0.1, 0.15) is 17.6 Å². The molecule has 2 unspecified atom stereocenters.